The Morgan fingerprint density at radius 3 is 2.74 bits per heavy atom. The summed E-state index contributed by atoms with van der Waals surface area (Å²) in [7, 11) is 0. The number of nitrogens with zero attached hydrogens (tertiary/aromatic N) is 2. The number of para-hydroxylation sites is 1. The van der Waals surface area contributed by atoms with Crippen LogP contribution in [0.25, 0.3) is 10.9 Å². The first kappa shape index (κ1) is 18.7. The normalized spacial score (nSPS) is 10.7. The molecule has 3 aromatic rings. The highest BCUT2D eigenvalue weighted by molar-refractivity contribution is 7.99. The molecule has 0 atom stereocenters. The molecule has 0 aliphatic carbocycles. The maximum atomic E-state index is 12.7. The monoisotopic (exact) mass is 386 g/mol. The van der Waals surface area contributed by atoms with Crippen molar-refractivity contribution >= 4 is 34.5 Å². The van der Waals surface area contributed by atoms with Crippen LogP contribution in [0.2, 0.25) is 0 Å². The number of hydrogen-bond acceptors (Lipinski definition) is 6. The second-order valence-corrected chi connectivity index (χ2v) is 6.58. The van der Waals surface area contributed by atoms with E-state index in [9.17, 15) is 14.4 Å². The molecule has 27 heavy (non-hydrogen) atoms. The molecule has 2 heterocycles. The Morgan fingerprint density at radius 1 is 1.19 bits per heavy atom. The molecule has 2 N–H and O–H groups in total. The van der Waals surface area contributed by atoms with Crippen molar-refractivity contribution in [3.05, 3.63) is 58.8 Å². The van der Waals surface area contributed by atoms with Gasteiger partial charge in [-0.1, -0.05) is 30.8 Å². The van der Waals surface area contributed by atoms with Crippen LogP contribution in [0.1, 0.15) is 23.9 Å². The molecule has 9 heteroatoms. The fourth-order valence-electron chi connectivity index (χ4n) is 2.44. The SMILES string of the molecule is CCCn1c(SCC(=O)NNC(=O)c2ccco2)nc2ccccc2c1=O. The van der Waals surface area contributed by atoms with Gasteiger partial charge in [-0.15, -0.1) is 0 Å². The van der Waals surface area contributed by atoms with Gasteiger partial charge in [0.05, 0.1) is 22.9 Å². The summed E-state index contributed by atoms with van der Waals surface area (Å²) in [5, 5.41) is 1.01. The van der Waals surface area contributed by atoms with Gasteiger partial charge in [-0.05, 0) is 30.7 Å². The number of carbonyl (C=O) groups is 2. The molecule has 0 fully saturated rings. The Balaban J connectivity index is 1.68. The summed E-state index contributed by atoms with van der Waals surface area (Å²) in [6.07, 6.45) is 2.13. The van der Waals surface area contributed by atoms with E-state index in [1.54, 1.807) is 28.8 Å². The van der Waals surface area contributed by atoms with E-state index in [1.165, 1.54) is 12.3 Å². The van der Waals surface area contributed by atoms with E-state index < -0.39 is 11.8 Å². The van der Waals surface area contributed by atoms with Gasteiger partial charge in [-0.2, -0.15) is 0 Å². The minimum atomic E-state index is -0.551. The van der Waals surface area contributed by atoms with Crippen molar-refractivity contribution in [2.24, 2.45) is 0 Å². The smallest absolute Gasteiger partial charge is 0.305 e. The van der Waals surface area contributed by atoms with Crippen molar-refractivity contribution in [2.75, 3.05) is 5.75 Å². The molecule has 8 nitrogen and oxygen atoms in total. The lowest BCUT2D eigenvalue weighted by Gasteiger charge is -2.12. The van der Waals surface area contributed by atoms with Crippen LogP contribution in [-0.2, 0) is 11.3 Å². The van der Waals surface area contributed by atoms with Crippen LogP contribution in [0.15, 0.2) is 57.0 Å². The zero-order valence-corrected chi connectivity index (χ0v) is 15.4. The molecule has 0 saturated heterocycles. The van der Waals surface area contributed by atoms with Crippen LogP contribution in [0.3, 0.4) is 0 Å². The molecule has 3 rings (SSSR count). The molecule has 0 radical (unpaired) electrons. The number of amides is 2. The number of fused-ring (bicyclic) bond motifs is 1. The molecule has 0 bridgehead atoms. The average Bonchev–Trinajstić information content (AvgIpc) is 3.22. The molecule has 1 aromatic carbocycles. The third-order valence-corrected chi connectivity index (χ3v) is 4.64. The predicted molar refractivity (Wildman–Crippen MR) is 101 cm³/mol. The van der Waals surface area contributed by atoms with Gasteiger partial charge < -0.3 is 4.42 Å². The molecule has 0 spiro atoms. The summed E-state index contributed by atoms with van der Waals surface area (Å²) in [4.78, 5) is 40.9. The Hall–Kier alpha value is -3.07. The second-order valence-electron chi connectivity index (χ2n) is 5.64. The second kappa shape index (κ2) is 8.54. The highest BCUT2D eigenvalue weighted by Gasteiger charge is 2.14. The van der Waals surface area contributed by atoms with Crippen LogP contribution >= 0.6 is 11.8 Å². The molecule has 2 amide bonds. The van der Waals surface area contributed by atoms with Gasteiger partial charge in [0, 0.05) is 6.54 Å². The Kier molecular flexibility index (Phi) is 5.92. The third kappa shape index (κ3) is 4.37. The maximum Gasteiger partial charge on any atom is 0.305 e. The minimum absolute atomic E-state index is 0.00701. The summed E-state index contributed by atoms with van der Waals surface area (Å²) in [5.74, 6) is -0.890. The fourth-order valence-corrected chi connectivity index (χ4v) is 3.27. The number of benzene rings is 1. The van der Waals surface area contributed by atoms with Gasteiger partial charge in [-0.25, -0.2) is 4.98 Å². The molecular weight excluding hydrogens is 368 g/mol. The zero-order chi connectivity index (χ0) is 19.2. The molecule has 140 valence electrons. The van der Waals surface area contributed by atoms with E-state index in [-0.39, 0.29) is 17.1 Å². The highest BCUT2D eigenvalue weighted by Crippen LogP contribution is 2.17. The molecule has 2 aromatic heterocycles. The van der Waals surface area contributed by atoms with Crippen molar-refractivity contribution in [1.29, 1.82) is 0 Å². The average molecular weight is 386 g/mol. The van der Waals surface area contributed by atoms with E-state index in [0.29, 0.717) is 22.6 Å². The Labute approximate surface area is 158 Å². The first-order chi connectivity index (χ1) is 13.1. The number of carbonyl (C=O) groups excluding carboxylic acids is 2. The molecular formula is C18H18N4O4S. The molecule has 0 aliphatic rings. The molecule has 0 unspecified atom stereocenters. The van der Waals surface area contributed by atoms with Crippen molar-refractivity contribution in [2.45, 2.75) is 25.0 Å². The lowest BCUT2D eigenvalue weighted by molar-refractivity contribution is -0.119. The van der Waals surface area contributed by atoms with Crippen molar-refractivity contribution in [3.8, 4) is 0 Å². The number of aromatic nitrogens is 2. The summed E-state index contributed by atoms with van der Waals surface area (Å²) in [5.41, 5.74) is 5.04. The summed E-state index contributed by atoms with van der Waals surface area (Å²) >= 11 is 1.14. The Morgan fingerprint density at radius 2 is 2.00 bits per heavy atom. The topological polar surface area (TPSA) is 106 Å². The van der Waals surface area contributed by atoms with E-state index in [1.807, 2.05) is 13.0 Å². The van der Waals surface area contributed by atoms with Crippen LogP contribution in [-0.4, -0.2) is 27.1 Å². The van der Waals surface area contributed by atoms with E-state index >= 15 is 0 Å². The zero-order valence-electron chi connectivity index (χ0n) is 14.6. The van der Waals surface area contributed by atoms with E-state index in [2.05, 4.69) is 15.8 Å². The highest BCUT2D eigenvalue weighted by atomic mass is 32.2. The van der Waals surface area contributed by atoms with Crippen molar-refractivity contribution in [1.82, 2.24) is 20.4 Å². The van der Waals surface area contributed by atoms with Crippen molar-refractivity contribution in [3.63, 3.8) is 0 Å². The van der Waals surface area contributed by atoms with Gasteiger partial charge in [0.1, 0.15) is 0 Å². The van der Waals surface area contributed by atoms with Crippen LogP contribution < -0.4 is 16.4 Å². The molecule has 0 saturated carbocycles. The number of nitrogens with one attached hydrogen (secondary N) is 2. The number of rotatable bonds is 6. The van der Waals surface area contributed by atoms with Crippen LogP contribution in [0, 0.1) is 0 Å². The summed E-state index contributed by atoms with van der Waals surface area (Å²) in [6.45, 7) is 2.48. The standard InChI is InChI=1S/C18H18N4O4S/c1-2-9-22-17(25)12-6-3-4-7-13(12)19-18(22)27-11-15(23)20-21-16(24)14-8-5-10-26-14/h3-8,10H,2,9,11H2,1H3,(H,20,23)(H,21,24). The number of furan rings is 1. The quantitative estimate of drug-likeness (QED) is 0.381. The van der Waals surface area contributed by atoms with Gasteiger partial charge in [0.2, 0.25) is 5.91 Å². The number of hydrogen-bond donors (Lipinski definition) is 2. The van der Waals surface area contributed by atoms with Gasteiger partial charge in [0.25, 0.3) is 5.56 Å². The summed E-state index contributed by atoms with van der Waals surface area (Å²) < 4.78 is 6.51. The van der Waals surface area contributed by atoms with Crippen molar-refractivity contribution < 1.29 is 14.0 Å². The molecule has 0 aliphatic heterocycles. The van der Waals surface area contributed by atoms with Gasteiger partial charge in [0.15, 0.2) is 10.9 Å². The van der Waals surface area contributed by atoms with E-state index in [0.717, 1.165) is 18.2 Å². The lowest BCUT2D eigenvalue weighted by Crippen LogP contribution is -2.42. The maximum absolute atomic E-state index is 12.7. The largest absolute Gasteiger partial charge is 0.459 e. The van der Waals surface area contributed by atoms with Crippen LogP contribution in [0.5, 0.6) is 0 Å². The van der Waals surface area contributed by atoms with Crippen LogP contribution in [0.4, 0.5) is 0 Å². The predicted octanol–water partition coefficient (Wildman–Crippen LogP) is 1.95. The van der Waals surface area contributed by atoms with E-state index in [4.69, 9.17) is 4.42 Å². The first-order valence-electron chi connectivity index (χ1n) is 8.35. The van der Waals surface area contributed by atoms with Gasteiger partial charge in [-0.3, -0.25) is 29.8 Å². The Bertz CT molecular complexity index is 1010. The third-order valence-electron chi connectivity index (χ3n) is 3.67. The lowest BCUT2D eigenvalue weighted by atomic mass is 10.2. The number of hydrazine groups is 1. The fraction of sp³-hybridized carbons (Fsp3) is 0.222. The number of thioether (sulfide) groups is 1. The minimum Gasteiger partial charge on any atom is -0.459 e. The first-order valence-corrected chi connectivity index (χ1v) is 9.33. The summed E-state index contributed by atoms with van der Waals surface area (Å²) in [6, 6.07) is 10.2. The van der Waals surface area contributed by atoms with Gasteiger partial charge >= 0.3 is 5.91 Å².